The van der Waals surface area contributed by atoms with E-state index < -0.39 is 22.2 Å². The van der Waals surface area contributed by atoms with E-state index in [9.17, 15) is 20.0 Å². The largest absolute Gasteiger partial charge is 1.00 e. The zero-order valence-corrected chi connectivity index (χ0v) is 10.1. The molecule has 13 heavy (non-hydrogen) atoms. The van der Waals surface area contributed by atoms with Crippen LogP contribution in [-0.4, -0.2) is 10.9 Å². The zero-order chi connectivity index (χ0) is 9.30. The summed E-state index contributed by atoms with van der Waals surface area (Å²) in [5.41, 5.74) is -0.818. The molecule has 1 rings (SSSR count). The van der Waals surface area contributed by atoms with Gasteiger partial charge in [-0.2, -0.15) is 0 Å². The molecule has 1 aliphatic rings. The molecule has 0 atom stereocenters. The third kappa shape index (κ3) is 2.58. The molecule has 0 radical (unpaired) electrons. The summed E-state index contributed by atoms with van der Waals surface area (Å²) in [4.78, 5) is 19.8. The van der Waals surface area contributed by atoms with Crippen molar-refractivity contribution in [3.63, 3.8) is 0 Å². The molecule has 0 unspecified atom stereocenters. The maximum atomic E-state index is 10.4. The van der Waals surface area contributed by atoms with Gasteiger partial charge in [0.15, 0.2) is 0 Å². The van der Waals surface area contributed by atoms with E-state index in [4.69, 9.17) is 0 Å². The van der Waals surface area contributed by atoms with E-state index in [1.165, 1.54) is 6.08 Å². The second kappa shape index (κ2) is 4.82. The Morgan fingerprint density at radius 1 is 1.46 bits per heavy atom. The van der Waals surface area contributed by atoms with Crippen LogP contribution in [-0.2, 0) is 4.79 Å². The Labute approximate surface area is 116 Å². The molecular weight excluding hydrogens is 201 g/mol. The van der Waals surface area contributed by atoms with Gasteiger partial charge in [-0.1, -0.05) is 6.58 Å². The average molecular weight is 205 g/mol. The summed E-state index contributed by atoms with van der Waals surface area (Å²) in [6.45, 7) is 3.32. The topological polar surface area (TPSA) is 83.3 Å². The molecule has 0 heterocycles. The van der Waals surface area contributed by atoms with Crippen LogP contribution in [0.2, 0.25) is 0 Å². The summed E-state index contributed by atoms with van der Waals surface area (Å²) in [5.74, 6) is -1.57. The van der Waals surface area contributed by atoms with Crippen LogP contribution >= 0.6 is 0 Å². The first-order valence-electron chi connectivity index (χ1n) is 3.01. The monoisotopic (exact) mass is 205 g/mol. The molecule has 1 aliphatic carbocycles. The average Bonchev–Trinajstić information content (AvgIpc) is 2.30. The zero-order valence-electron chi connectivity index (χ0n) is 6.94. The quantitative estimate of drug-likeness (QED) is 0.265. The molecule has 0 fully saturated rings. The number of nitro groups is 1. The van der Waals surface area contributed by atoms with Crippen molar-refractivity contribution in [1.29, 1.82) is 0 Å². The molecule has 6 heteroatoms. The van der Waals surface area contributed by atoms with Gasteiger partial charge in [-0.3, -0.25) is 10.1 Å². The van der Waals surface area contributed by atoms with Crippen molar-refractivity contribution in [3.05, 3.63) is 45.7 Å². The van der Waals surface area contributed by atoms with Gasteiger partial charge < -0.3 is 9.90 Å². The van der Waals surface area contributed by atoms with Crippen molar-refractivity contribution >= 4 is 5.97 Å². The summed E-state index contributed by atoms with van der Waals surface area (Å²) in [6.07, 6.45) is 2.36. The first kappa shape index (κ1) is 12.7. The van der Waals surface area contributed by atoms with E-state index in [0.29, 0.717) is 0 Å². The molecule has 0 N–H and O–H groups in total. The first-order valence-corrected chi connectivity index (χ1v) is 3.01. The van der Waals surface area contributed by atoms with E-state index in [1.54, 1.807) is 0 Å². The second-order valence-corrected chi connectivity index (χ2v) is 2.16. The van der Waals surface area contributed by atoms with Crippen LogP contribution in [0.1, 0.15) is 0 Å². The third-order valence-electron chi connectivity index (χ3n) is 1.42. The Balaban J connectivity index is 0.00000144. The fraction of sp³-hybridized carbons (Fsp3) is 0. The summed E-state index contributed by atoms with van der Waals surface area (Å²) in [5, 5.41) is 20.6. The molecule has 0 spiro atoms. The summed E-state index contributed by atoms with van der Waals surface area (Å²) in [6, 6.07) is 0. The van der Waals surface area contributed by atoms with Gasteiger partial charge in [0.05, 0.1) is 16.5 Å². The number of carbonyl (C=O) groups excluding carboxylic acids is 1. The minimum absolute atomic E-state index is 0. The molecule has 0 aromatic rings. The SMILES string of the molecule is C=C1C=CC([N+](=O)[O-])=C1C(=O)[O-].[K+]. The maximum Gasteiger partial charge on any atom is 1.00 e. The number of carboxylic acids is 1. The van der Waals surface area contributed by atoms with E-state index in [0.717, 1.165) is 6.08 Å². The molecule has 0 aliphatic heterocycles. The number of rotatable bonds is 2. The summed E-state index contributed by atoms with van der Waals surface area (Å²) < 4.78 is 0. The number of carboxylic acid groups (broad SMARTS) is 1. The minimum atomic E-state index is -1.57. The van der Waals surface area contributed by atoms with Crippen LogP contribution in [0.25, 0.3) is 0 Å². The van der Waals surface area contributed by atoms with Crippen molar-refractivity contribution in [3.8, 4) is 0 Å². The van der Waals surface area contributed by atoms with Gasteiger partial charge in [-0.05, 0) is 11.6 Å². The van der Waals surface area contributed by atoms with E-state index in [2.05, 4.69) is 6.58 Å². The Bertz CT molecular complexity index is 326. The Hall–Kier alpha value is -0.274. The number of allylic oxidation sites excluding steroid dienone is 2. The van der Waals surface area contributed by atoms with Crippen LogP contribution in [0, 0.1) is 10.1 Å². The van der Waals surface area contributed by atoms with Crippen LogP contribution in [0.4, 0.5) is 0 Å². The van der Waals surface area contributed by atoms with Gasteiger partial charge in [0, 0.05) is 6.08 Å². The van der Waals surface area contributed by atoms with Crippen LogP contribution in [0.5, 0.6) is 0 Å². The minimum Gasteiger partial charge on any atom is -0.545 e. The van der Waals surface area contributed by atoms with Gasteiger partial charge in [0.1, 0.15) is 0 Å². The molecule has 0 bridgehead atoms. The Morgan fingerprint density at radius 2 is 2.00 bits per heavy atom. The summed E-state index contributed by atoms with van der Waals surface area (Å²) >= 11 is 0. The van der Waals surface area contributed by atoms with Gasteiger partial charge in [0.25, 0.3) is 5.70 Å². The van der Waals surface area contributed by atoms with Crippen LogP contribution in [0.15, 0.2) is 35.6 Å². The fourth-order valence-corrected chi connectivity index (χ4v) is 0.899. The molecule has 0 saturated heterocycles. The number of hydrogen-bond acceptors (Lipinski definition) is 4. The number of nitrogens with zero attached hydrogens (tertiary/aromatic N) is 1. The van der Waals surface area contributed by atoms with Gasteiger partial charge >= 0.3 is 51.4 Å². The molecule has 0 aromatic heterocycles. The van der Waals surface area contributed by atoms with Crippen molar-refractivity contribution in [2.24, 2.45) is 0 Å². The fourth-order valence-electron chi connectivity index (χ4n) is 0.899. The Kier molecular flexibility index (Phi) is 4.72. The smallest absolute Gasteiger partial charge is 0.545 e. The molecule has 0 aromatic carbocycles. The predicted octanol–water partition coefficient (Wildman–Crippen LogP) is -3.60. The molecule has 62 valence electrons. The predicted molar refractivity (Wildman–Crippen MR) is 37.3 cm³/mol. The number of hydrogen-bond donors (Lipinski definition) is 0. The van der Waals surface area contributed by atoms with E-state index in [1.807, 2.05) is 0 Å². The van der Waals surface area contributed by atoms with Crippen molar-refractivity contribution in [2.75, 3.05) is 0 Å². The molecular formula is C7H4KNO4. The maximum absolute atomic E-state index is 10.4. The number of carbonyl (C=O) groups is 1. The van der Waals surface area contributed by atoms with Gasteiger partial charge in [0.2, 0.25) is 0 Å². The third-order valence-corrected chi connectivity index (χ3v) is 1.42. The Morgan fingerprint density at radius 3 is 2.31 bits per heavy atom. The molecule has 0 amide bonds. The molecule has 0 saturated carbocycles. The van der Waals surface area contributed by atoms with Crippen molar-refractivity contribution in [2.45, 2.75) is 0 Å². The van der Waals surface area contributed by atoms with E-state index in [-0.39, 0.29) is 57.0 Å². The second-order valence-electron chi connectivity index (χ2n) is 2.16. The van der Waals surface area contributed by atoms with Gasteiger partial charge in [-0.25, -0.2) is 0 Å². The standard InChI is InChI=1S/C7H5NO4.K/c1-4-2-3-5(8(11)12)6(4)7(9)10;/h2-3H,1H2,(H,9,10);/q;+1/p-1. The van der Waals surface area contributed by atoms with Crippen molar-refractivity contribution < 1.29 is 66.2 Å². The van der Waals surface area contributed by atoms with Crippen molar-refractivity contribution in [1.82, 2.24) is 0 Å². The van der Waals surface area contributed by atoms with E-state index >= 15 is 0 Å². The van der Waals surface area contributed by atoms with Crippen LogP contribution in [0.3, 0.4) is 0 Å². The van der Waals surface area contributed by atoms with Crippen LogP contribution < -0.4 is 56.5 Å². The van der Waals surface area contributed by atoms with Gasteiger partial charge in [-0.15, -0.1) is 0 Å². The normalized spacial score (nSPS) is 14.3. The summed E-state index contributed by atoms with van der Waals surface area (Å²) in [7, 11) is 0. The number of aliphatic carboxylic acids is 1. The molecule has 5 nitrogen and oxygen atoms in total. The first-order chi connectivity index (χ1) is 5.54.